The topological polar surface area (TPSA) is 140 Å². The molecule has 0 aliphatic carbocycles. The average molecular weight is 317 g/mol. The summed E-state index contributed by atoms with van der Waals surface area (Å²) in [7, 11) is 0. The highest BCUT2D eigenvalue weighted by molar-refractivity contribution is 6.09. The lowest BCUT2D eigenvalue weighted by molar-refractivity contribution is -0.0489. The summed E-state index contributed by atoms with van der Waals surface area (Å²) in [6.07, 6.45) is -1.28. The molecule has 4 heterocycles. The maximum absolute atomic E-state index is 10.3. The predicted octanol–water partition coefficient (Wildman–Crippen LogP) is -0.827. The Kier molecular flexibility index (Phi) is 3.16. The van der Waals surface area contributed by atoms with E-state index in [4.69, 9.17) is 10.5 Å². The molecule has 9 nitrogen and oxygen atoms in total. The van der Waals surface area contributed by atoms with Crippen molar-refractivity contribution in [3.63, 3.8) is 0 Å². The summed E-state index contributed by atoms with van der Waals surface area (Å²) in [5.74, 6) is 0.268. The van der Waals surface area contributed by atoms with Crippen LogP contribution in [0.2, 0.25) is 0 Å². The Labute approximate surface area is 130 Å². The van der Waals surface area contributed by atoms with Gasteiger partial charge in [0.25, 0.3) is 0 Å². The highest BCUT2D eigenvalue weighted by atomic mass is 16.6. The average Bonchev–Trinajstić information content (AvgIpc) is 3.04. The van der Waals surface area contributed by atoms with E-state index in [1.807, 2.05) is 0 Å². The monoisotopic (exact) mass is 317 g/mol. The Bertz CT molecular complexity index is 882. The predicted molar refractivity (Wildman–Crippen MR) is 80.3 cm³/mol. The third-order valence-electron chi connectivity index (χ3n) is 4.14. The molecule has 0 saturated carbocycles. The Morgan fingerprint density at radius 3 is 2.78 bits per heavy atom. The van der Waals surface area contributed by atoms with E-state index < -0.39 is 31.1 Å². The lowest BCUT2D eigenvalue weighted by atomic mass is 10.1. The number of nitrogens with two attached hydrogens (primary N) is 1. The van der Waals surface area contributed by atoms with Crippen molar-refractivity contribution in [2.24, 2.45) is 0 Å². The molecule has 9 heteroatoms. The van der Waals surface area contributed by atoms with Gasteiger partial charge in [0, 0.05) is 6.20 Å². The normalized spacial score (nSPS) is 28.0. The zero-order valence-electron chi connectivity index (χ0n) is 11.9. The third-order valence-corrected chi connectivity index (χ3v) is 4.14. The van der Waals surface area contributed by atoms with Gasteiger partial charge in [-0.3, -0.25) is 9.55 Å². The van der Waals surface area contributed by atoms with Crippen molar-refractivity contribution in [3.8, 4) is 0 Å². The van der Waals surface area contributed by atoms with Gasteiger partial charge >= 0.3 is 0 Å². The summed E-state index contributed by atoms with van der Waals surface area (Å²) in [5, 5.41) is 30.2. The van der Waals surface area contributed by atoms with Crippen LogP contribution in [0.1, 0.15) is 6.23 Å². The molecule has 120 valence electrons. The lowest BCUT2D eigenvalue weighted by Crippen LogP contribution is -2.33. The largest absolute Gasteiger partial charge is 0.394 e. The fourth-order valence-corrected chi connectivity index (χ4v) is 3.05. The fraction of sp³-hybridized carbons (Fsp3) is 0.357. The van der Waals surface area contributed by atoms with Gasteiger partial charge in [-0.05, 0) is 12.1 Å². The molecule has 0 aromatic carbocycles. The molecule has 3 aromatic rings. The van der Waals surface area contributed by atoms with E-state index in [0.717, 1.165) is 0 Å². The number of hydrogen-bond acceptors (Lipinski definition) is 8. The molecule has 1 saturated heterocycles. The minimum Gasteiger partial charge on any atom is -0.394 e. The molecule has 4 rings (SSSR count). The van der Waals surface area contributed by atoms with Crippen LogP contribution in [-0.4, -0.2) is 59.8 Å². The standard InChI is InChI=1S/C14H15N5O4/c15-12-8-9-6(2-1-3-16-9)19(13(8)18-5-17-12)14-11(22)10(21)7(4-20)23-14/h1-3,5,7,10-11,14,20-22H,4H2,(H2,15,17,18)/t7-,10-,11-,14-/m1/s1. The Hall–Kier alpha value is -2.33. The van der Waals surface area contributed by atoms with Crippen LogP contribution >= 0.6 is 0 Å². The summed E-state index contributed by atoms with van der Waals surface area (Å²) in [6.45, 7) is -0.402. The number of aromatic nitrogens is 4. The third kappa shape index (κ3) is 1.91. The molecule has 0 radical (unpaired) electrons. The molecule has 0 spiro atoms. The van der Waals surface area contributed by atoms with Gasteiger partial charge in [-0.25, -0.2) is 9.97 Å². The molecular weight excluding hydrogens is 302 g/mol. The lowest BCUT2D eigenvalue weighted by Gasteiger charge is -2.18. The van der Waals surface area contributed by atoms with E-state index in [2.05, 4.69) is 15.0 Å². The summed E-state index contributed by atoms with van der Waals surface area (Å²) >= 11 is 0. The minimum absolute atomic E-state index is 0.268. The maximum atomic E-state index is 10.3. The second-order valence-corrected chi connectivity index (χ2v) is 5.43. The second kappa shape index (κ2) is 5.10. The zero-order valence-corrected chi connectivity index (χ0v) is 11.9. The van der Waals surface area contributed by atoms with Gasteiger partial charge in [0.05, 0.1) is 17.5 Å². The number of nitrogens with zero attached hydrogens (tertiary/aromatic N) is 4. The number of rotatable bonds is 2. The van der Waals surface area contributed by atoms with Crippen LogP contribution in [0, 0.1) is 0 Å². The summed E-state index contributed by atoms with van der Waals surface area (Å²) in [4.78, 5) is 12.5. The van der Waals surface area contributed by atoms with Gasteiger partial charge in [-0.15, -0.1) is 0 Å². The van der Waals surface area contributed by atoms with Gasteiger partial charge in [0.2, 0.25) is 0 Å². The first-order valence-corrected chi connectivity index (χ1v) is 7.11. The second-order valence-electron chi connectivity index (χ2n) is 5.43. The molecule has 0 amide bonds. The molecular formula is C14H15N5O4. The number of hydrogen-bond donors (Lipinski definition) is 4. The molecule has 1 aliphatic rings. The number of nitrogen functional groups attached to an aromatic ring is 1. The van der Waals surface area contributed by atoms with Gasteiger partial charge in [0.15, 0.2) is 6.23 Å². The molecule has 23 heavy (non-hydrogen) atoms. The molecule has 3 aromatic heterocycles. The smallest absolute Gasteiger partial charge is 0.165 e. The SMILES string of the molecule is Nc1ncnc2c1c1ncccc1n2[C@@H]1O[C@H](CO)[C@@H](O)[C@H]1O. The van der Waals surface area contributed by atoms with Crippen molar-refractivity contribution < 1.29 is 20.1 Å². The van der Waals surface area contributed by atoms with Gasteiger partial charge in [0.1, 0.15) is 41.6 Å². The van der Waals surface area contributed by atoms with E-state index in [0.29, 0.717) is 22.1 Å². The van der Waals surface area contributed by atoms with Crippen molar-refractivity contribution in [1.29, 1.82) is 0 Å². The van der Waals surface area contributed by atoms with E-state index in [-0.39, 0.29) is 5.82 Å². The van der Waals surface area contributed by atoms with Crippen LogP contribution in [0.5, 0.6) is 0 Å². The quantitative estimate of drug-likeness (QED) is 0.480. The van der Waals surface area contributed by atoms with Gasteiger partial charge in [-0.1, -0.05) is 0 Å². The summed E-state index contributed by atoms with van der Waals surface area (Å²) in [5.41, 5.74) is 7.62. The number of aliphatic hydroxyl groups excluding tert-OH is 3. The molecule has 0 unspecified atom stereocenters. The number of aliphatic hydroxyl groups is 3. The minimum atomic E-state index is -1.22. The number of anilines is 1. The first-order valence-electron chi connectivity index (χ1n) is 7.11. The van der Waals surface area contributed by atoms with E-state index in [1.165, 1.54) is 6.33 Å². The molecule has 1 fully saturated rings. The Morgan fingerprint density at radius 1 is 1.22 bits per heavy atom. The van der Waals surface area contributed by atoms with Crippen LogP contribution < -0.4 is 5.73 Å². The molecule has 0 bridgehead atoms. The number of pyridine rings is 1. The van der Waals surface area contributed by atoms with Crippen LogP contribution in [-0.2, 0) is 4.74 Å². The van der Waals surface area contributed by atoms with Crippen molar-refractivity contribution in [2.75, 3.05) is 12.3 Å². The number of ether oxygens (including phenoxy) is 1. The Morgan fingerprint density at radius 2 is 2.04 bits per heavy atom. The summed E-state index contributed by atoms with van der Waals surface area (Å²) < 4.78 is 7.24. The number of fused-ring (bicyclic) bond motifs is 3. The van der Waals surface area contributed by atoms with Crippen LogP contribution in [0.25, 0.3) is 22.1 Å². The van der Waals surface area contributed by atoms with E-state index in [9.17, 15) is 15.3 Å². The highest BCUT2D eigenvalue weighted by Crippen LogP contribution is 2.37. The van der Waals surface area contributed by atoms with Crippen LogP contribution in [0.15, 0.2) is 24.7 Å². The van der Waals surface area contributed by atoms with E-state index >= 15 is 0 Å². The van der Waals surface area contributed by atoms with Crippen LogP contribution in [0.3, 0.4) is 0 Å². The Balaban J connectivity index is 2.01. The van der Waals surface area contributed by atoms with Gasteiger partial charge < -0.3 is 25.8 Å². The van der Waals surface area contributed by atoms with Crippen molar-refractivity contribution in [1.82, 2.24) is 19.5 Å². The highest BCUT2D eigenvalue weighted by Gasteiger charge is 2.44. The molecule has 5 N–H and O–H groups in total. The fourth-order valence-electron chi connectivity index (χ4n) is 3.05. The summed E-state index contributed by atoms with van der Waals surface area (Å²) in [6, 6.07) is 3.53. The van der Waals surface area contributed by atoms with Crippen LogP contribution in [0.4, 0.5) is 5.82 Å². The zero-order chi connectivity index (χ0) is 16.1. The van der Waals surface area contributed by atoms with E-state index in [1.54, 1.807) is 22.9 Å². The first kappa shape index (κ1) is 14.3. The van der Waals surface area contributed by atoms with Crippen molar-refractivity contribution in [2.45, 2.75) is 24.5 Å². The molecule has 4 atom stereocenters. The van der Waals surface area contributed by atoms with Crippen molar-refractivity contribution >= 4 is 27.9 Å². The first-order chi connectivity index (χ1) is 11.1. The maximum Gasteiger partial charge on any atom is 0.165 e. The van der Waals surface area contributed by atoms with Gasteiger partial charge in [-0.2, -0.15) is 0 Å². The molecule has 1 aliphatic heterocycles. The van der Waals surface area contributed by atoms with Crippen molar-refractivity contribution in [3.05, 3.63) is 24.7 Å².